The van der Waals surface area contributed by atoms with E-state index in [0.29, 0.717) is 24.5 Å². The van der Waals surface area contributed by atoms with Crippen LogP contribution >= 0.6 is 20.3 Å². The van der Waals surface area contributed by atoms with Gasteiger partial charge in [0.05, 0.1) is 36.7 Å². The molecule has 0 saturated carbocycles. The number of hydrogen-bond donors (Lipinski definition) is 4. The predicted octanol–water partition coefficient (Wildman–Crippen LogP) is 4.20. The van der Waals surface area contributed by atoms with Gasteiger partial charge >= 0.3 is 6.03 Å². The van der Waals surface area contributed by atoms with Crippen LogP contribution in [0.25, 0.3) is 0 Å². The molecule has 0 aliphatic carbocycles. The molecule has 2 saturated heterocycles. The fourth-order valence-electron chi connectivity index (χ4n) is 5.02. The number of carbonyl (C=O) groups is 2. The topological polar surface area (TPSA) is 141 Å². The third kappa shape index (κ3) is 10.1. The highest BCUT2D eigenvalue weighted by Gasteiger charge is 2.42. The summed E-state index contributed by atoms with van der Waals surface area (Å²) in [6.07, 6.45) is 7.30. The summed E-state index contributed by atoms with van der Waals surface area (Å²) in [6.45, 7) is 8.10. The van der Waals surface area contributed by atoms with Crippen molar-refractivity contribution in [3.8, 4) is 6.07 Å². The molecule has 2 amide bonds. The molecule has 2 aliphatic heterocycles. The van der Waals surface area contributed by atoms with E-state index in [1.54, 1.807) is 0 Å². The second kappa shape index (κ2) is 16.1. The van der Waals surface area contributed by atoms with E-state index in [0.717, 1.165) is 44.3 Å². The summed E-state index contributed by atoms with van der Waals surface area (Å²) in [5.74, 6) is 1.08. The quantitative estimate of drug-likeness (QED) is 0.115. The van der Waals surface area contributed by atoms with Crippen molar-refractivity contribution >= 4 is 32.1 Å². The minimum atomic E-state index is -1.74. The molecule has 2 rings (SSSR count). The molecule has 36 heavy (non-hydrogen) atoms. The Labute approximate surface area is 222 Å². The fraction of sp³-hybridized carbons (Fsp3) is 0.880. The number of Topliss-reactive ketones (excluding diaryl/α,β-unsaturated/α-hetero) is 1. The number of urea groups is 1. The monoisotopic (exact) mass is 543 g/mol. The van der Waals surface area contributed by atoms with Gasteiger partial charge < -0.3 is 25.8 Å². The molecule has 0 bridgehead atoms. The summed E-state index contributed by atoms with van der Waals surface area (Å²) < 4.78 is 7.82. The molecular formula is C25H46N5O4PS. The molecule has 206 valence electrons. The van der Waals surface area contributed by atoms with Crippen LogP contribution in [0.1, 0.15) is 91.9 Å². The van der Waals surface area contributed by atoms with E-state index in [9.17, 15) is 14.5 Å². The Morgan fingerprint density at radius 3 is 2.56 bits per heavy atom. The highest BCUT2D eigenvalue weighted by atomic mass is 32.2. The van der Waals surface area contributed by atoms with Gasteiger partial charge in [-0.3, -0.25) is 4.79 Å². The number of fused-ring (bicyclic) bond motifs is 1. The average molecular weight is 544 g/mol. The maximum absolute atomic E-state index is 12.4. The van der Waals surface area contributed by atoms with Gasteiger partial charge in [0, 0.05) is 29.5 Å². The first kappa shape index (κ1) is 31.3. The molecular weight excluding hydrogens is 497 g/mol. The number of carbonyl (C=O) groups excluding carboxylic acids is 2. The van der Waals surface area contributed by atoms with Crippen molar-refractivity contribution < 1.29 is 19.0 Å². The van der Waals surface area contributed by atoms with Crippen molar-refractivity contribution in [2.75, 3.05) is 5.75 Å². The van der Waals surface area contributed by atoms with E-state index < -0.39 is 14.6 Å². The minimum absolute atomic E-state index is 0.0630. The fourth-order valence-corrected chi connectivity index (χ4v) is 7.91. The molecule has 9 nitrogen and oxygen atoms in total. The Morgan fingerprint density at radius 2 is 1.89 bits per heavy atom. The van der Waals surface area contributed by atoms with E-state index in [4.69, 9.17) is 15.5 Å². The van der Waals surface area contributed by atoms with Gasteiger partial charge in [-0.2, -0.15) is 17.0 Å². The summed E-state index contributed by atoms with van der Waals surface area (Å²) in [5, 5.41) is 15.5. The van der Waals surface area contributed by atoms with Crippen molar-refractivity contribution in [2.45, 2.75) is 133 Å². The van der Waals surface area contributed by atoms with Crippen molar-refractivity contribution in [3.05, 3.63) is 0 Å². The lowest BCUT2D eigenvalue weighted by molar-refractivity contribution is -0.120. The van der Waals surface area contributed by atoms with Crippen LogP contribution in [-0.2, 0) is 9.32 Å². The van der Waals surface area contributed by atoms with E-state index in [1.165, 1.54) is 0 Å². The summed E-state index contributed by atoms with van der Waals surface area (Å²) in [4.78, 5) is 34.5. The molecule has 5 N–H and O–H groups in total. The normalized spacial score (nSPS) is 23.9. The first-order chi connectivity index (χ1) is 17.1. The molecule has 0 aromatic carbocycles. The maximum atomic E-state index is 12.4. The Hall–Kier alpha value is -0.950. The van der Waals surface area contributed by atoms with Crippen molar-refractivity contribution in [1.82, 2.24) is 15.3 Å². The lowest BCUT2D eigenvalue weighted by Crippen LogP contribution is -2.36. The van der Waals surface area contributed by atoms with Crippen LogP contribution in [-0.4, -0.2) is 68.7 Å². The number of thioether (sulfide) groups is 1. The SMILES string of the molecule is CC(C)N(C(C)C)P(O)OC(CC#N)CCCCCC(N)C(=O)CCCC[C@@H]1SC[C@@H]2NC(=O)N[C@@H]21. The molecule has 0 radical (unpaired) electrons. The summed E-state index contributed by atoms with van der Waals surface area (Å²) >= 11 is 1.90. The van der Waals surface area contributed by atoms with E-state index in [-0.39, 0.29) is 48.5 Å². The van der Waals surface area contributed by atoms with Crippen molar-refractivity contribution in [3.63, 3.8) is 0 Å². The molecule has 2 fully saturated rings. The number of nitrogens with zero attached hydrogens (tertiary/aromatic N) is 2. The van der Waals surface area contributed by atoms with Crippen LogP contribution in [0.15, 0.2) is 0 Å². The van der Waals surface area contributed by atoms with Crippen LogP contribution in [0, 0.1) is 11.3 Å². The van der Waals surface area contributed by atoms with Crippen LogP contribution in [0.2, 0.25) is 0 Å². The van der Waals surface area contributed by atoms with Gasteiger partial charge in [-0.25, -0.2) is 9.46 Å². The van der Waals surface area contributed by atoms with Gasteiger partial charge in [0.1, 0.15) is 5.78 Å². The molecule has 3 unspecified atom stereocenters. The number of nitrogens with one attached hydrogen (secondary N) is 2. The summed E-state index contributed by atoms with van der Waals surface area (Å²) in [7, 11) is -1.74. The predicted molar refractivity (Wildman–Crippen MR) is 146 cm³/mol. The number of ketones is 1. The Morgan fingerprint density at radius 1 is 1.19 bits per heavy atom. The molecule has 2 heterocycles. The average Bonchev–Trinajstić information content (AvgIpc) is 3.34. The van der Waals surface area contributed by atoms with Crippen molar-refractivity contribution in [1.29, 1.82) is 5.26 Å². The standard InChI is InChI=1S/C25H46N5O4PS/c1-17(2)30(18(3)4)35(33)34-19(14-15-26)10-6-5-7-11-20(27)22(31)12-8-9-13-23-24-21(16-36-23)28-25(32)29-24/h17-21,23-24,33H,5-14,16,27H2,1-4H3,(H2,28,29,32)/t19?,20?,21-,23-,24-,35?/m0/s1. The number of nitriles is 1. The molecule has 6 atom stereocenters. The number of nitrogens with two attached hydrogens (primary N) is 1. The number of hydrogen-bond acceptors (Lipinski definition) is 8. The van der Waals surface area contributed by atoms with Crippen LogP contribution < -0.4 is 16.4 Å². The molecule has 11 heteroatoms. The molecule has 2 aliphatic rings. The first-order valence-electron chi connectivity index (χ1n) is 13.4. The van der Waals surface area contributed by atoms with E-state index in [1.807, 2.05) is 44.1 Å². The highest BCUT2D eigenvalue weighted by molar-refractivity contribution is 8.00. The van der Waals surface area contributed by atoms with Gasteiger partial charge in [0.2, 0.25) is 0 Å². The maximum Gasteiger partial charge on any atom is 0.315 e. The summed E-state index contributed by atoms with van der Waals surface area (Å²) in [6, 6.07) is 2.45. The van der Waals surface area contributed by atoms with E-state index in [2.05, 4.69) is 16.7 Å². The smallest absolute Gasteiger partial charge is 0.315 e. The zero-order valence-electron chi connectivity index (χ0n) is 22.3. The Bertz CT molecular complexity index is 730. The third-order valence-electron chi connectivity index (χ3n) is 6.87. The molecule has 0 aromatic rings. The lowest BCUT2D eigenvalue weighted by atomic mass is 9.98. The van der Waals surface area contributed by atoms with Gasteiger partial charge in [0.15, 0.2) is 0 Å². The number of rotatable bonds is 18. The minimum Gasteiger partial charge on any atom is -0.338 e. The van der Waals surface area contributed by atoms with E-state index >= 15 is 0 Å². The largest absolute Gasteiger partial charge is 0.338 e. The van der Waals surface area contributed by atoms with Gasteiger partial charge in [-0.15, -0.1) is 0 Å². The van der Waals surface area contributed by atoms with Crippen LogP contribution in [0.5, 0.6) is 0 Å². The van der Waals surface area contributed by atoms with Crippen LogP contribution in [0.3, 0.4) is 0 Å². The van der Waals surface area contributed by atoms with Gasteiger partial charge in [0.25, 0.3) is 8.53 Å². The van der Waals surface area contributed by atoms with Crippen LogP contribution in [0.4, 0.5) is 4.79 Å². The first-order valence-corrected chi connectivity index (χ1v) is 15.6. The second-order valence-electron chi connectivity index (χ2n) is 10.5. The molecule has 0 aromatic heterocycles. The third-order valence-corrected chi connectivity index (χ3v) is 10.2. The van der Waals surface area contributed by atoms with Gasteiger partial charge in [-0.1, -0.05) is 25.7 Å². The molecule has 0 spiro atoms. The zero-order chi connectivity index (χ0) is 26.7. The number of unbranched alkanes of at least 4 members (excludes halogenated alkanes) is 3. The van der Waals surface area contributed by atoms with Gasteiger partial charge in [-0.05, 0) is 53.4 Å². The Balaban J connectivity index is 1.57. The highest BCUT2D eigenvalue weighted by Crippen LogP contribution is 2.42. The lowest BCUT2D eigenvalue weighted by Gasteiger charge is -2.34. The Kier molecular flexibility index (Phi) is 14.0. The van der Waals surface area contributed by atoms with Crippen molar-refractivity contribution in [2.24, 2.45) is 5.73 Å². The second-order valence-corrected chi connectivity index (χ2v) is 12.9. The zero-order valence-corrected chi connectivity index (χ0v) is 24.0. The number of amides is 2. The summed E-state index contributed by atoms with van der Waals surface area (Å²) in [5.41, 5.74) is 6.14.